The maximum atomic E-state index is 12.6. The molecule has 3 rings (SSSR count). The molecule has 1 atom stereocenters. The molecule has 138 valence electrons. The summed E-state index contributed by atoms with van der Waals surface area (Å²) in [6.45, 7) is 0.186. The number of hydrogen-bond acceptors (Lipinski definition) is 5. The molecule has 0 aromatic heterocycles. The summed E-state index contributed by atoms with van der Waals surface area (Å²) in [5.74, 6) is 0.177. The number of sulfonamides is 1. The molecule has 1 fully saturated rings. The maximum absolute atomic E-state index is 12.6. The highest BCUT2D eigenvalue weighted by Crippen LogP contribution is 2.27. The molecular formula is C17H17ClN2O5S. The van der Waals surface area contributed by atoms with E-state index in [-0.39, 0.29) is 28.8 Å². The number of methoxy groups -OCH3 is 1. The van der Waals surface area contributed by atoms with Crippen LogP contribution in [-0.2, 0) is 14.8 Å². The summed E-state index contributed by atoms with van der Waals surface area (Å²) < 4.78 is 37.9. The van der Waals surface area contributed by atoms with E-state index in [9.17, 15) is 13.2 Å². The third-order valence-electron chi connectivity index (χ3n) is 3.86. The van der Waals surface area contributed by atoms with Crippen molar-refractivity contribution in [1.82, 2.24) is 4.72 Å². The van der Waals surface area contributed by atoms with Gasteiger partial charge in [-0.2, -0.15) is 0 Å². The maximum Gasteiger partial charge on any atom is 0.414 e. The standard InChI is InChI=1S/C17H17ClN2O5S/c1-24-15-8-7-12(18)9-16(15)26(22,23)19-10-14-11-20(17(21)25-14)13-5-3-2-4-6-13/h2-9,14,19H,10-11H2,1H3. The van der Waals surface area contributed by atoms with E-state index in [4.69, 9.17) is 21.1 Å². The van der Waals surface area contributed by atoms with Crippen LogP contribution in [-0.4, -0.2) is 40.8 Å². The largest absolute Gasteiger partial charge is 0.495 e. The Morgan fingerprint density at radius 2 is 2.00 bits per heavy atom. The van der Waals surface area contributed by atoms with Gasteiger partial charge >= 0.3 is 6.09 Å². The summed E-state index contributed by atoms with van der Waals surface area (Å²) in [5.41, 5.74) is 0.694. The molecule has 1 aliphatic heterocycles. The van der Waals surface area contributed by atoms with Crippen molar-refractivity contribution in [1.29, 1.82) is 0 Å². The lowest BCUT2D eigenvalue weighted by atomic mass is 10.3. The zero-order valence-corrected chi connectivity index (χ0v) is 15.5. The molecule has 0 aliphatic carbocycles. The predicted octanol–water partition coefficient (Wildman–Crippen LogP) is 2.65. The van der Waals surface area contributed by atoms with E-state index >= 15 is 0 Å². The van der Waals surface area contributed by atoms with E-state index in [0.29, 0.717) is 5.69 Å². The number of para-hydroxylation sites is 1. The van der Waals surface area contributed by atoms with Crippen LogP contribution < -0.4 is 14.4 Å². The number of amides is 1. The van der Waals surface area contributed by atoms with Crippen molar-refractivity contribution in [3.05, 3.63) is 53.6 Å². The van der Waals surface area contributed by atoms with Crippen LogP contribution in [0.1, 0.15) is 0 Å². The molecule has 0 radical (unpaired) electrons. The van der Waals surface area contributed by atoms with Crippen LogP contribution >= 0.6 is 11.6 Å². The number of rotatable bonds is 6. The van der Waals surface area contributed by atoms with Crippen LogP contribution in [0.2, 0.25) is 5.02 Å². The molecule has 0 saturated carbocycles. The first-order chi connectivity index (χ1) is 12.4. The lowest BCUT2D eigenvalue weighted by Gasteiger charge is -2.14. The second-order valence-electron chi connectivity index (χ2n) is 5.60. The van der Waals surface area contributed by atoms with E-state index in [0.717, 1.165) is 0 Å². The fourth-order valence-corrected chi connectivity index (χ4v) is 4.08. The summed E-state index contributed by atoms with van der Waals surface area (Å²) >= 11 is 5.89. The predicted molar refractivity (Wildman–Crippen MR) is 97.2 cm³/mol. The summed E-state index contributed by atoms with van der Waals surface area (Å²) in [7, 11) is -2.51. The van der Waals surface area contributed by atoms with Crippen molar-refractivity contribution in [2.24, 2.45) is 0 Å². The molecule has 0 bridgehead atoms. The molecule has 0 spiro atoms. The Morgan fingerprint density at radius 3 is 2.69 bits per heavy atom. The Kier molecular flexibility index (Phi) is 5.36. The van der Waals surface area contributed by atoms with Crippen molar-refractivity contribution < 1.29 is 22.7 Å². The van der Waals surface area contributed by atoms with Crippen LogP contribution in [0, 0.1) is 0 Å². The highest BCUT2D eigenvalue weighted by atomic mass is 35.5. The zero-order chi connectivity index (χ0) is 18.7. The van der Waals surface area contributed by atoms with Gasteiger partial charge in [0.15, 0.2) is 0 Å². The minimum Gasteiger partial charge on any atom is -0.495 e. The molecule has 9 heteroatoms. The van der Waals surface area contributed by atoms with Gasteiger partial charge in [0.2, 0.25) is 10.0 Å². The van der Waals surface area contributed by atoms with Gasteiger partial charge in [-0.3, -0.25) is 4.90 Å². The Labute approximate surface area is 156 Å². The fraction of sp³-hybridized carbons (Fsp3) is 0.235. The number of ether oxygens (including phenoxy) is 2. The van der Waals surface area contributed by atoms with Gasteiger partial charge in [-0.25, -0.2) is 17.9 Å². The number of hydrogen-bond donors (Lipinski definition) is 1. The van der Waals surface area contributed by atoms with Crippen LogP contribution in [0.4, 0.5) is 10.5 Å². The molecule has 1 amide bonds. The van der Waals surface area contributed by atoms with Gasteiger partial charge in [0, 0.05) is 17.3 Å². The van der Waals surface area contributed by atoms with Gasteiger partial charge in [-0.1, -0.05) is 29.8 Å². The van der Waals surface area contributed by atoms with Gasteiger partial charge < -0.3 is 9.47 Å². The van der Waals surface area contributed by atoms with E-state index in [1.807, 2.05) is 18.2 Å². The van der Waals surface area contributed by atoms with Gasteiger partial charge in [-0.05, 0) is 30.3 Å². The van der Waals surface area contributed by atoms with E-state index in [1.165, 1.54) is 30.2 Å². The third kappa shape index (κ3) is 3.92. The number of anilines is 1. The van der Waals surface area contributed by atoms with Crippen LogP contribution in [0.25, 0.3) is 0 Å². The van der Waals surface area contributed by atoms with Crippen LogP contribution in [0.5, 0.6) is 5.75 Å². The number of halogens is 1. The molecule has 26 heavy (non-hydrogen) atoms. The quantitative estimate of drug-likeness (QED) is 0.811. The third-order valence-corrected chi connectivity index (χ3v) is 5.54. The average molecular weight is 397 g/mol. The molecular weight excluding hydrogens is 380 g/mol. The molecule has 1 heterocycles. The molecule has 1 saturated heterocycles. The highest BCUT2D eigenvalue weighted by molar-refractivity contribution is 7.89. The van der Waals surface area contributed by atoms with Crippen molar-refractivity contribution >= 4 is 33.4 Å². The summed E-state index contributed by atoms with van der Waals surface area (Å²) in [6, 6.07) is 13.3. The lowest BCUT2D eigenvalue weighted by Crippen LogP contribution is -2.34. The second kappa shape index (κ2) is 7.53. The van der Waals surface area contributed by atoms with Gasteiger partial charge in [0.25, 0.3) is 0 Å². The summed E-state index contributed by atoms with van der Waals surface area (Å²) in [5, 5.41) is 0.272. The van der Waals surface area contributed by atoms with Crippen LogP contribution in [0.15, 0.2) is 53.4 Å². The Bertz CT molecular complexity index is 905. The average Bonchev–Trinajstić information content (AvgIpc) is 3.01. The fourth-order valence-electron chi connectivity index (χ4n) is 2.59. The van der Waals surface area contributed by atoms with Crippen molar-refractivity contribution in [2.45, 2.75) is 11.0 Å². The first kappa shape index (κ1) is 18.5. The second-order valence-corrected chi connectivity index (χ2v) is 7.77. The molecule has 1 unspecified atom stereocenters. The SMILES string of the molecule is COc1ccc(Cl)cc1S(=O)(=O)NCC1CN(c2ccccc2)C(=O)O1. The van der Waals surface area contributed by atoms with E-state index in [1.54, 1.807) is 12.1 Å². The molecule has 1 aliphatic rings. The van der Waals surface area contributed by atoms with Crippen molar-refractivity contribution in [2.75, 3.05) is 25.1 Å². The molecule has 1 N–H and O–H groups in total. The summed E-state index contributed by atoms with van der Waals surface area (Å²) in [4.78, 5) is 13.4. The monoisotopic (exact) mass is 396 g/mol. The van der Waals surface area contributed by atoms with E-state index < -0.39 is 22.2 Å². The summed E-state index contributed by atoms with van der Waals surface area (Å²) in [6.07, 6.45) is -1.12. The number of nitrogens with one attached hydrogen (secondary N) is 1. The number of carbonyl (C=O) groups is 1. The number of carbonyl (C=O) groups excluding carboxylic acids is 1. The lowest BCUT2D eigenvalue weighted by molar-refractivity contribution is 0.143. The normalized spacial score (nSPS) is 17.2. The smallest absolute Gasteiger partial charge is 0.414 e. The Balaban J connectivity index is 1.69. The molecule has 2 aromatic rings. The van der Waals surface area contributed by atoms with Crippen molar-refractivity contribution in [3.63, 3.8) is 0 Å². The minimum absolute atomic E-state index is 0.0624. The van der Waals surface area contributed by atoms with Crippen molar-refractivity contribution in [3.8, 4) is 5.75 Å². The number of nitrogens with zero attached hydrogens (tertiary/aromatic N) is 1. The van der Waals surface area contributed by atoms with Gasteiger partial charge in [-0.15, -0.1) is 0 Å². The topological polar surface area (TPSA) is 84.9 Å². The van der Waals surface area contributed by atoms with Crippen LogP contribution in [0.3, 0.4) is 0 Å². The first-order valence-corrected chi connectivity index (χ1v) is 9.63. The highest BCUT2D eigenvalue weighted by Gasteiger charge is 2.33. The Morgan fingerprint density at radius 1 is 1.27 bits per heavy atom. The number of benzene rings is 2. The minimum atomic E-state index is -3.88. The van der Waals surface area contributed by atoms with E-state index in [2.05, 4.69) is 4.72 Å². The molecule has 2 aromatic carbocycles. The Hall–Kier alpha value is -2.29. The number of cyclic esters (lactones) is 1. The van der Waals surface area contributed by atoms with Gasteiger partial charge in [0.05, 0.1) is 13.7 Å². The van der Waals surface area contributed by atoms with Gasteiger partial charge in [0.1, 0.15) is 16.7 Å². The zero-order valence-electron chi connectivity index (χ0n) is 13.9. The first-order valence-electron chi connectivity index (χ1n) is 7.77. The molecule has 7 nitrogen and oxygen atoms in total.